The Labute approximate surface area is 437 Å². The fraction of sp³-hybridized carbons (Fsp3) is 0.294. The van der Waals surface area contributed by atoms with Crippen LogP contribution in [0.2, 0.25) is 0 Å². The summed E-state index contributed by atoms with van der Waals surface area (Å²) < 4.78 is 9.98. The van der Waals surface area contributed by atoms with Crippen molar-refractivity contribution in [1.82, 2.24) is 0 Å². The molecular weight excluding hydrogens is 904 g/mol. The summed E-state index contributed by atoms with van der Waals surface area (Å²) in [6.07, 6.45) is 2.37. The van der Waals surface area contributed by atoms with Crippen molar-refractivity contribution < 1.29 is 4.42 Å². The van der Waals surface area contributed by atoms with Gasteiger partial charge in [0.25, 0.3) is 0 Å². The van der Waals surface area contributed by atoms with Gasteiger partial charge in [-0.15, -0.1) is 11.3 Å². The first-order valence-electron chi connectivity index (χ1n) is 26.6. The van der Waals surface area contributed by atoms with Crippen LogP contribution in [0.5, 0.6) is 0 Å². The molecule has 0 atom stereocenters. The number of hydrogen-bond acceptors (Lipinski definition) is 4. The van der Waals surface area contributed by atoms with E-state index in [0.717, 1.165) is 21.9 Å². The zero-order valence-electron chi connectivity index (χ0n) is 45.1. The van der Waals surface area contributed by atoms with Crippen LogP contribution in [0.3, 0.4) is 0 Å². The molecule has 4 heterocycles. The Morgan fingerprint density at radius 3 is 1.77 bits per heavy atom. The van der Waals surface area contributed by atoms with Gasteiger partial charge in [-0.1, -0.05) is 169 Å². The zero-order chi connectivity index (χ0) is 50.9. The zero-order valence-corrected chi connectivity index (χ0v) is 45.9. The fourth-order valence-electron chi connectivity index (χ4n) is 12.7. The molecule has 0 saturated carbocycles. The summed E-state index contributed by atoms with van der Waals surface area (Å²) >= 11 is 1.96. The fourth-order valence-corrected chi connectivity index (χ4v) is 13.9. The molecule has 73 heavy (non-hydrogen) atoms. The number of rotatable bonds is 3. The number of thiophene rings is 1. The Kier molecular flexibility index (Phi) is 9.82. The van der Waals surface area contributed by atoms with E-state index in [0.29, 0.717) is 0 Å². The summed E-state index contributed by atoms with van der Waals surface area (Å²) in [5.74, 6) is 0. The molecule has 3 nitrogen and oxygen atoms in total. The highest BCUT2D eigenvalue weighted by Gasteiger charge is 2.48. The molecule has 5 heteroatoms. The van der Waals surface area contributed by atoms with Gasteiger partial charge in [0.15, 0.2) is 0 Å². The molecule has 0 fully saturated rings. The summed E-state index contributed by atoms with van der Waals surface area (Å²) in [4.78, 5) is 5.32. The van der Waals surface area contributed by atoms with E-state index in [2.05, 4.69) is 245 Å². The maximum absolute atomic E-state index is 7.30. The monoisotopic (exact) mass is 971 g/mol. The standard InChI is InChI=1S/C68H67BN2OS/c1-64(2,3)41-23-27-44(28-24-41)71-56-39-60-47(48-36-51-52(38-59(48)73-60)68(12,13)32-31-67(51,10)11)35-50(56)61-62-57(37-49-45-21-17-18-22-58(45)72-63(49)61)70(55-30-26-43(66(7,8)9)34-53(55)69(62)71)54-29-25-42(65(4,5)6)33-46(54)40-19-15-14-16-20-40/h14-30,33-39H,31-32H2,1-13H3. The highest BCUT2D eigenvalue weighted by Crippen LogP contribution is 2.55. The SMILES string of the molecule is CC(C)(C)c1ccc(N2B3c4cc(C(C)(C)C)ccc4N(c4ccc(C(C)(C)C)cc4-c4ccccc4)c4cc5c(oc6ccccc65)c(c43)-c3cc4c(cc32)sc2cc3c(cc24)C(C)(C)CCC3(C)C)cc1. The Morgan fingerprint density at radius 1 is 0.493 bits per heavy atom. The third-order valence-electron chi connectivity index (χ3n) is 17.2. The largest absolute Gasteiger partial charge is 0.455 e. The molecule has 0 radical (unpaired) electrons. The van der Waals surface area contributed by atoms with Gasteiger partial charge in [0.2, 0.25) is 0 Å². The highest BCUT2D eigenvalue weighted by atomic mass is 32.1. The lowest BCUT2D eigenvalue weighted by Gasteiger charge is -2.46. The second-order valence-electron chi connectivity index (χ2n) is 26.1. The van der Waals surface area contributed by atoms with Crippen LogP contribution >= 0.6 is 11.3 Å². The van der Waals surface area contributed by atoms with Crippen molar-refractivity contribution >= 4 is 99.7 Å². The molecule has 2 aromatic heterocycles. The number of para-hydroxylation sites is 1. The second kappa shape index (κ2) is 15.5. The molecule has 8 aromatic carbocycles. The van der Waals surface area contributed by atoms with Crippen molar-refractivity contribution in [3.63, 3.8) is 0 Å². The van der Waals surface area contributed by atoms with Crippen molar-refractivity contribution in [3.05, 3.63) is 173 Å². The van der Waals surface area contributed by atoms with Crippen LogP contribution in [0.4, 0.5) is 28.4 Å². The van der Waals surface area contributed by atoms with E-state index in [-0.39, 0.29) is 33.9 Å². The lowest BCUT2D eigenvalue weighted by molar-refractivity contribution is 0.332. The van der Waals surface area contributed by atoms with E-state index in [4.69, 9.17) is 4.42 Å². The Hall–Kier alpha value is -6.56. The van der Waals surface area contributed by atoms with Crippen molar-refractivity contribution in [1.29, 1.82) is 0 Å². The van der Waals surface area contributed by atoms with Crippen LogP contribution in [0.15, 0.2) is 150 Å². The molecule has 0 N–H and O–H groups in total. The Morgan fingerprint density at radius 2 is 1.08 bits per heavy atom. The number of hydrogen-bond donors (Lipinski definition) is 0. The molecule has 0 amide bonds. The molecule has 0 spiro atoms. The average Bonchev–Trinajstić information content (AvgIpc) is 3.92. The minimum atomic E-state index is -0.182. The minimum absolute atomic E-state index is 0.00902. The third-order valence-corrected chi connectivity index (χ3v) is 18.3. The van der Waals surface area contributed by atoms with E-state index in [9.17, 15) is 0 Å². The van der Waals surface area contributed by atoms with Crippen molar-refractivity contribution in [2.24, 2.45) is 0 Å². The Balaban J connectivity index is 1.20. The molecule has 0 bridgehead atoms. The van der Waals surface area contributed by atoms with Crippen LogP contribution in [-0.4, -0.2) is 6.85 Å². The molecule has 0 saturated heterocycles. The van der Waals surface area contributed by atoms with Gasteiger partial charge < -0.3 is 14.1 Å². The van der Waals surface area contributed by atoms with Crippen LogP contribution in [0.25, 0.3) is 64.4 Å². The maximum Gasteiger partial charge on any atom is 0.333 e. The Bertz CT molecular complexity index is 3920. The van der Waals surface area contributed by atoms with Crippen molar-refractivity contribution in [2.45, 2.75) is 130 Å². The number of nitrogens with zero attached hydrogens (tertiary/aromatic N) is 2. The molecule has 0 unspecified atom stereocenters. The molecule has 1 aliphatic carbocycles. The first-order valence-corrected chi connectivity index (χ1v) is 27.5. The summed E-state index contributed by atoms with van der Waals surface area (Å²) in [5, 5.41) is 4.94. The molecule has 2 aliphatic heterocycles. The van der Waals surface area contributed by atoms with Gasteiger partial charge in [0.1, 0.15) is 11.2 Å². The lowest BCUT2D eigenvalue weighted by atomic mass is 9.43. The van der Waals surface area contributed by atoms with Crippen molar-refractivity contribution in [3.8, 4) is 22.3 Å². The van der Waals surface area contributed by atoms with E-state index in [1.54, 1.807) is 0 Å². The molecule has 10 aromatic rings. The first kappa shape index (κ1) is 46.2. The minimum Gasteiger partial charge on any atom is -0.455 e. The molecular formula is C68H67BN2OS. The smallest absolute Gasteiger partial charge is 0.333 e. The molecule has 13 rings (SSSR count). The number of anilines is 5. The second-order valence-corrected chi connectivity index (χ2v) is 27.1. The van der Waals surface area contributed by atoms with E-state index < -0.39 is 0 Å². The molecule has 3 aliphatic rings. The van der Waals surface area contributed by atoms with Crippen molar-refractivity contribution in [2.75, 3.05) is 9.71 Å². The quantitative estimate of drug-likeness (QED) is 0.165. The number of benzene rings is 8. The van der Waals surface area contributed by atoms with Gasteiger partial charge in [0, 0.05) is 70.4 Å². The lowest BCUT2D eigenvalue weighted by Crippen LogP contribution is -2.61. The highest BCUT2D eigenvalue weighted by molar-refractivity contribution is 7.26. The van der Waals surface area contributed by atoms with E-state index in [1.807, 2.05) is 11.3 Å². The summed E-state index contributed by atoms with van der Waals surface area (Å²) in [6, 6.07) is 56.5. The van der Waals surface area contributed by atoms with Crippen LogP contribution in [0.1, 0.15) is 131 Å². The summed E-state index contributed by atoms with van der Waals surface area (Å²) in [5.41, 5.74) is 22.2. The van der Waals surface area contributed by atoms with Gasteiger partial charge in [-0.25, -0.2) is 0 Å². The van der Waals surface area contributed by atoms with Crippen LogP contribution in [-0.2, 0) is 27.1 Å². The normalized spacial score (nSPS) is 16.0. The van der Waals surface area contributed by atoms with E-state index >= 15 is 0 Å². The number of furan rings is 1. The average molecular weight is 971 g/mol. The predicted molar refractivity (Wildman–Crippen MR) is 317 cm³/mol. The summed E-state index contributed by atoms with van der Waals surface area (Å²) in [7, 11) is 0. The van der Waals surface area contributed by atoms with Gasteiger partial charge in [0.05, 0.1) is 5.69 Å². The number of fused-ring (bicyclic) bond motifs is 12. The first-order chi connectivity index (χ1) is 34.6. The van der Waals surface area contributed by atoms with Gasteiger partial charge in [-0.2, -0.15) is 0 Å². The summed E-state index contributed by atoms with van der Waals surface area (Å²) in [6.45, 7) is 30.6. The van der Waals surface area contributed by atoms with Gasteiger partial charge in [-0.3, -0.25) is 0 Å². The van der Waals surface area contributed by atoms with E-state index in [1.165, 1.54) is 122 Å². The van der Waals surface area contributed by atoms with Crippen LogP contribution in [0, 0.1) is 0 Å². The van der Waals surface area contributed by atoms with Crippen LogP contribution < -0.4 is 20.6 Å². The predicted octanol–water partition coefficient (Wildman–Crippen LogP) is 18.6. The topological polar surface area (TPSA) is 19.6 Å². The molecule has 364 valence electrons. The third kappa shape index (κ3) is 7.04. The maximum atomic E-state index is 7.30. The van der Waals surface area contributed by atoms with Gasteiger partial charge in [-0.05, 0) is 151 Å². The van der Waals surface area contributed by atoms with Gasteiger partial charge >= 0.3 is 6.85 Å².